The fourth-order valence-electron chi connectivity index (χ4n) is 4.91. The minimum atomic E-state index is -1.21. The van der Waals surface area contributed by atoms with Crippen molar-refractivity contribution in [1.29, 1.82) is 0 Å². The first-order valence-electron chi connectivity index (χ1n) is 11.6. The molecule has 34 heavy (non-hydrogen) atoms. The van der Waals surface area contributed by atoms with Crippen LogP contribution >= 0.6 is 0 Å². The molecule has 1 atom stereocenters. The van der Waals surface area contributed by atoms with Gasteiger partial charge >= 0.3 is 12.1 Å². The zero-order valence-corrected chi connectivity index (χ0v) is 19.2. The highest BCUT2D eigenvalue weighted by atomic mass is 16.5. The molecule has 2 aromatic rings. The molecule has 180 valence electrons. The van der Waals surface area contributed by atoms with Crippen molar-refractivity contribution in [2.24, 2.45) is 0 Å². The van der Waals surface area contributed by atoms with Crippen LogP contribution in [0.1, 0.15) is 49.1 Å². The summed E-state index contributed by atoms with van der Waals surface area (Å²) in [5.41, 5.74) is 4.36. The average Bonchev–Trinajstić information content (AvgIpc) is 3.16. The minimum Gasteiger partial charge on any atom is -0.481 e. The molecule has 4 rings (SSSR count). The number of carboxylic acids is 1. The summed E-state index contributed by atoms with van der Waals surface area (Å²) in [7, 11) is 1.67. The van der Waals surface area contributed by atoms with E-state index >= 15 is 0 Å². The molecule has 1 saturated carbocycles. The Labute approximate surface area is 198 Å². The topological polar surface area (TPSA) is 114 Å². The second-order valence-corrected chi connectivity index (χ2v) is 8.84. The van der Waals surface area contributed by atoms with Crippen LogP contribution in [0.2, 0.25) is 0 Å². The number of aliphatic carboxylic acids is 1. The lowest BCUT2D eigenvalue weighted by Gasteiger charge is -2.29. The van der Waals surface area contributed by atoms with Crippen LogP contribution in [-0.4, -0.2) is 55.0 Å². The molecule has 2 aliphatic rings. The lowest BCUT2D eigenvalue weighted by molar-refractivity contribution is -0.140. The number of carbonyl (C=O) groups excluding carboxylic acids is 2. The van der Waals surface area contributed by atoms with E-state index in [1.807, 2.05) is 48.5 Å². The Bertz CT molecular complexity index is 1000. The van der Waals surface area contributed by atoms with Crippen LogP contribution in [0.5, 0.6) is 0 Å². The van der Waals surface area contributed by atoms with E-state index in [0.717, 1.165) is 47.9 Å². The average molecular weight is 467 g/mol. The van der Waals surface area contributed by atoms with Gasteiger partial charge in [-0.25, -0.2) is 4.79 Å². The van der Waals surface area contributed by atoms with Gasteiger partial charge in [-0.3, -0.25) is 9.59 Å². The Hall–Kier alpha value is -3.39. The van der Waals surface area contributed by atoms with E-state index in [9.17, 15) is 19.5 Å². The number of nitrogens with one attached hydrogen (secondary N) is 2. The number of hydrogen-bond acceptors (Lipinski definition) is 5. The van der Waals surface area contributed by atoms with Crippen LogP contribution in [0, 0.1) is 0 Å². The molecule has 0 bridgehead atoms. The van der Waals surface area contributed by atoms with Gasteiger partial charge < -0.3 is 25.2 Å². The Morgan fingerprint density at radius 1 is 0.971 bits per heavy atom. The summed E-state index contributed by atoms with van der Waals surface area (Å²) in [6.07, 6.45) is 1.98. The van der Waals surface area contributed by atoms with E-state index in [4.69, 9.17) is 9.47 Å². The molecule has 0 spiro atoms. The molecule has 1 fully saturated rings. The molecule has 0 aliphatic heterocycles. The van der Waals surface area contributed by atoms with E-state index in [0.29, 0.717) is 0 Å². The highest BCUT2D eigenvalue weighted by molar-refractivity contribution is 5.89. The van der Waals surface area contributed by atoms with Gasteiger partial charge in [0.2, 0.25) is 5.91 Å². The number of ether oxygens (including phenoxy) is 2. The summed E-state index contributed by atoms with van der Waals surface area (Å²) in [5.74, 6) is -1.82. The highest BCUT2D eigenvalue weighted by Crippen LogP contribution is 2.44. The SMILES string of the molecule is COC1CCC(NC(=O)C(CC(=O)O)NC(=O)OCC2c3ccccc3-c3ccccc32)CC1. The van der Waals surface area contributed by atoms with Gasteiger partial charge in [0.15, 0.2) is 0 Å². The molecule has 8 heteroatoms. The number of benzene rings is 2. The van der Waals surface area contributed by atoms with Gasteiger partial charge in [0.1, 0.15) is 12.6 Å². The maximum absolute atomic E-state index is 12.7. The number of alkyl carbamates (subject to hydrolysis) is 1. The lowest BCUT2D eigenvalue weighted by Crippen LogP contribution is -2.51. The quantitative estimate of drug-likeness (QED) is 0.549. The maximum Gasteiger partial charge on any atom is 0.407 e. The molecule has 3 N–H and O–H groups in total. The third kappa shape index (κ3) is 5.39. The Balaban J connectivity index is 1.36. The van der Waals surface area contributed by atoms with Gasteiger partial charge in [-0.05, 0) is 47.9 Å². The van der Waals surface area contributed by atoms with Crippen molar-refractivity contribution >= 4 is 18.0 Å². The predicted octanol–water partition coefficient (Wildman–Crippen LogP) is 3.44. The van der Waals surface area contributed by atoms with Gasteiger partial charge in [-0.2, -0.15) is 0 Å². The lowest BCUT2D eigenvalue weighted by atomic mass is 9.92. The second kappa shape index (κ2) is 10.7. The van der Waals surface area contributed by atoms with Gasteiger partial charge in [0.25, 0.3) is 0 Å². The van der Waals surface area contributed by atoms with E-state index < -0.39 is 30.4 Å². The molecular formula is C26H30N2O6. The van der Waals surface area contributed by atoms with Crippen molar-refractivity contribution in [2.75, 3.05) is 13.7 Å². The predicted molar refractivity (Wildman–Crippen MR) is 125 cm³/mol. The molecule has 8 nitrogen and oxygen atoms in total. The van der Waals surface area contributed by atoms with E-state index in [1.165, 1.54) is 0 Å². The summed E-state index contributed by atoms with van der Waals surface area (Å²) in [4.78, 5) is 36.6. The van der Waals surface area contributed by atoms with Crippen molar-refractivity contribution in [3.8, 4) is 11.1 Å². The Morgan fingerprint density at radius 3 is 2.12 bits per heavy atom. The summed E-state index contributed by atoms with van der Waals surface area (Å²) in [6.45, 7) is 0.0856. The van der Waals surface area contributed by atoms with Crippen molar-refractivity contribution in [1.82, 2.24) is 10.6 Å². The first-order chi connectivity index (χ1) is 16.5. The fourth-order valence-corrected chi connectivity index (χ4v) is 4.91. The number of amides is 2. The summed E-state index contributed by atoms with van der Waals surface area (Å²) < 4.78 is 10.8. The fraction of sp³-hybridized carbons (Fsp3) is 0.423. The molecule has 2 amide bonds. The molecule has 0 heterocycles. The summed E-state index contributed by atoms with van der Waals surface area (Å²) >= 11 is 0. The zero-order chi connectivity index (χ0) is 24.1. The minimum absolute atomic E-state index is 0.0699. The maximum atomic E-state index is 12.7. The molecular weight excluding hydrogens is 436 g/mol. The zero-order valence-electron chi connectivity index (χ0n) is 19.2. The molecule has 2 aromatic carbocycles. The highest BCUT2D eigenvalue weighted by Gasteiger charge is 2.31. The van der Waals surface area contributed by atoms with Crippen LogP contribution in [0.3, 0.4) is 0 Å². The number of rotatable bonds is 8. The van der Waals surface area contributed by atoms with Gasteiger partial charge in [-0.15, -0.1) is 0 Å². The first-order valence-corrected chi connectivity index (χ1v) is 11.6. The standard InChI is InChI=1S/C26H30N2O6/c1-33-17-12-10-16(11-13-17)27-25(31)23(14-24(29)30)28-26(32)34-15-22-20-8-4-2-6-18(20)19-7-3-5-9-21(19)22/h2-9,16-17,22-23H,10-15H2,1H3,(H,27,31)(H,28,32)(H,29,30). The Morgan fingerprint density at radius 2 is 1.56 bits per heavy atom. The van der Waals surface area contributed by atoms with Crippen LogP contribution in [0.15, 0.2) is 48.5 Å². The van der Waals surface area contributed by atoms with Crippen LogP contribution in [0.4, 0.5) is 4.79 Å². The van der Waals surface area contributed by atoms with Crippen LogP contribution in [0.25, 0.3) is 11.1 Å². The number of fused-ring (bicyclic) bond motifs is 3. The molecule has 1 unspecified atom stereocenters. The Kier molecular flexibility index (Phi) is 7.47. The third-order valence-electron chi connectivity index (χ3n) is 6.68. The van der Waals surface area contributed by atoms with Gasteiger partial charge in [-0.1, -0.05) is 48.5 Å². The normalized spacial score (nSPS) is 20.0. The molecule has 0 aromatic heterocycles. The smallest absolute Gasteiger partial charge is 0.407 e. The summed E-state index contributed by atoms with van der Waals surface area (Å²) in [5, 5.41) is 14.6. The van der Waals surface area contributed by atoms with E-state index in [-0.39, 0.29) is 24.7 Å². The van der Waals surface area contributed by atoms with Crippen molar-refractivity contribution in [3.63, 3.8) is 0 Å². The third-order valence-corrected chi connectivity index (χ3v) is 6.68. The van der Waals surface area contributed by atoms with Crippen LogP contribution < -0.4 is 10.6 Å². The largest absolute Gasteiger partial charge is 0.481 e. The number of hydrogen-bond donors (Lipinski definition) is 3. The second-order valence-electron chi connectivity index (χ2n) is 8.84. The molecule has 2 aliphatic carbocycles. The number of carboxylic acid groups (broad SMARTS) is 1. The van der Waals surface area contributed by atoms with Crippen molar-refractivity contribution < 1.29 is 29.0 Å². The molecule has 0 saturated heterocycles. The summed E-state index contributed by atoms with van der Waals surface area (Å²) in [6, 6.07) is 14.7. The monoisotopic (exact) mass is 466 g/mol. The first kappa shape index (κ1) is 23.8. The van der Waals surface area contributed by atoms with E-state index in [1.54, 1.807) is 7.11 Å². The van der Waals surface area contributed by atoms with Crippen molar-refractivity contribution in [2.45, 2.75) is 56.2 Å². The van der Waals surface area contributed by atoms with Gasteiger partial charge in [0.05, 0.1) is 12.5 Å². The van der Waals surface area contributed by atoms with Crippen molar-refractivity contribution in [3.05, 3.63) is 59.7 Å². The van der Waals surface area contributed by atoms with Gasteiger partial charge in [0, 0.05) is 19.1 Å². The molecule has 0 radical (unpaired) electrons. The van der Waals surface area contributed by atoms with E-state index in [2.05, 4.69) is 10.6 Å². The van der Waals surface area contributed by atoms with Crippen LogP contribution in [-0.2, 0) is 19.1 Å². The number of methoxy groups -OCH3 is 1. The number of carbonyl (C=O) groups is 3.